The van der Waals surface area contributed by atoms with E-state index in [1.807, 2.05) is 6.92 Å². The summed E-state index contributed by atoms with van der Waals surface area (Å²) in [6, 6.07) is 0. The maximum absolute atomic E-state index is 12.1. The van der Waals surface area contributed by atoms with Crippen LogP contribution >= 0.6 is 7.60 Å². The maximum atomic E-state index is 12.1. The summed E-state index contributed by atoms with van der Waals surface area (Å²) in [6.07, 6.45) is 2.48. The molecule has 8 heteroatoms. The summed E-state index contributed by atoms with van der Waals surface area (Å²) in [5.41, 5.74) is 0. The van der Waals surface area contributed by atoms with Gasteiger partial charge in [-0.3, -0.25) is 4.57 Å². The molecular weight excluding hydrogens is 277 g/mol. The second-order valence-electron chi connectivity index (χ2n) is 4.39. The van der Waals surface area contributed by atoms with E-state index in [1.54, 1.807) is 0 Å². The molecule has 108 valence electrons. The van der Waals surface area contributed by atoms with Crippen LogP contribution in [0.15, 0.2) is 0 Å². The van der Waals surface area contributed by atoms with Crippen molar-refractivity contribution in [2.45, 2.75) is 45.3 Å². The third-order valence-corrected chi connectivity index (χ3v) is 6.88. The summed E-state index contributed by atoms with van der Waals surface area (Å²) in [6.45, 7) is 3.85. The summed E-state index contributed by atoms with van der Waals surface area (Å²) < 4.78 is 42.1. The minimum atomic E-state index is -3.90. The number of sulfonamides is 1. The number of rotatable bonds is 6. The molecule has 2 atom stereocenters. The lowest BCUT2D eigenvalue weighted by Crippen LogP contribution is -2.44. The molecule has 0 aliphatic carbocycles. The zero-order valence-corrected chi connectivity index (χ0v) is 12.6. The van der Waals surface area contributed by atoms with E-state index in [1.165, 1.54) is 6.92 Å². The van der Waals surface area contributed by atoms with E-state index in [2.05, 4.69) is 0 Å². The van der Waals surface area contributed by atoms with Crippen LogP contribution in [0.4, 0.5) is 0 Å². The molecule has 0 radical (unpaired) electrons. The largest absolute Gasteiger partial charge is 0.346 e. The highest BCUT2D eigenvalue weighted by atomic mass is 32.2. The molecule has 0 aromatic rings. The van der Waals surface area contributed by atoms with Gasteiger partial charge in [-0.05, 0) is 32.6 Å². The van der Waals surface area contributed by atoms with Crippen molar-refractivity contribution in [3.63, 3.8) is 0 Å². The molecule has 1 aliphatic rings. The Labute approximate surface area is 109 Å². The predicted molar refractivity (Wildman–Crippen MR) is 69.9 cm³/mol. The molecule has 6 nitrogen and oxygen atoms in total. The van der Waals surface area contributed by atoms with Gasteiger partial charge in [-0.1, -0.05) is 6.92 Å². The molecular formula is C10H22NO5PS. The molecule has 1 rings (SSSR count). The van der Waals surface area contributed by atoms with Gasteiger partial charge >= 0.3 is 7.60 Å². The Kier molecular flexibility index (Phi) is 5.80. The van der Waals surface area contributed by atoms with Gasteiger partial charge in [0.15, 0.2) is 0 Å². The smallest absolute Gasteiger partial charge is 0.323 e. The summed E-state index contributed by atoms with van der Waals surface area (Å²) in [5, 5.41) is 0. The Morgan fingerprint density at radius 3 is 2.61 bits per heavy atom. The molecule has 1 aliphatic heterocycles. The fraction of sp³-hybridized carbons (Fsp3) is 1.00. The zero-order valence-electron chi connectivity index (χ0n) is 10.9. The minimum absolute atomic E-state index is 0.0583. The molecule has 18 heavy (non-hydrogen) atoms. The first kappa shape index (κ1) is 16.1. The summed E-state index contributed by atoms with van der Waals surface area (Å²) >= 11 is 0. The monoisotopic (exact) mass is 299 g/mol. The van der Waals surface area contributed by atoms with E-state index in [4.69, 9.17) is 4.52 Å². The summed E-state index contributed by atoms with van der Waals surface area (Å²) in [4.78, 5) is 9.93. The third-order valence-electron chi connectivity index (χ3n) is 3.00. The van der Waals surface area contributed by atoms with Crippen molar-refractivity contribution in [3.8, 4) is 0 Å². The number of hydrogen-bond acceptors (Lipinski definition) is 4. The molecule has 0 spiro atoms. The third kappa shape index (κ3) is 3.78. The lowest BCUT2D eigenvalue weighted by Gasteiger charge is -2.35. The quantitative estimate of drug-likeness (QED) is 0.755. The fourth-order valence-corrected chi connectivity index (χ4v) is 5.58. The molecule has 0 amide bonds. The highest BCUT2D eigenvalue weighted by Gasteiger charge is 2.43. The van der Waals surface area contributed by atoms with E-state index >= 15 is 0 Å². The van der Waals surface area contributed by atoms with Crippen molar-refractivity contribution in [1.82, 2.24) is 4.31 Å². The first-order valence-corrected chi connectivity index (χ1v) is 9.57. The van der Waals surface area contributed by atoms with Crippen LogP contribution in [0.2, 0.25) is 0 Å². The van der Waals surface area contributed by atoms with Crippen molar-refractivity contribution >= 4 is 17.6 Å². The van der Waals surface area contributed by atoms with Crippen LogP contribution in [-0.2, 0) is 19.1 Å². The molecule has 0 bridgehead atoms. The van der Waals surface area contributed by atoms with Crippen LogP contribution in [0.3, 0.4) is 0 Å². The van der Waals surface area contributed by atoms with Crippen LogP contribution in [0, 0.1) is 0 Å². The highest BCUT2D eigenvalue weighted by molar-refractivity contribution is 7.89. The van der Waals surface area contributed by atoms with Crippen LogP contribution in [-0.4, -0.2) is 42.3 Å². The molecule has 1 fully saturated rings. The first-order chi connectivity index (χ1) is 8.35. The van der Waals surface area contributed by atoms with Gasteiger partial charge in [-0.25, -0.2) is 8.42 Å². The van der Waals surface area contributed by atoms with Crippen molar-refractivity contribution in [3.05, 3.63) is 0 Å². The Morgan fingerprint density at radius 2 is 2.06 bits per heavy atom. The average Bonchev–Trinajstić information content (AvgIpc) is 2.36. The molecule has 0 saturated carbocycles. The molecule has 2 unspecified atom stereocenters. The standard InChI is InChI=1S/C10H22NO5PS/c1-3-9-16-17(12,13)10-7-5-6-8-11(10)18(14,15)4-2/h10H,3-9H2,1-2H3,(H,12,13). The SMILES string of the molecule is CCCOP(=O)(O)C1CCCCN1S(=O)(=O)CC. The molecule has 1 N–H and O–H groups in total. The van der Waals surface area contributed by atoms with E-state index in [0.29, 0.717) is 19.4 Å². The zero-order chi connectivity index (χ0) is 13.8. The highest BCUT2D eigenvalue weighted by Crippen LogP contribution is 2.52. The van der Waals surface area contributed by atoms with Gasteiger partial charge in [0.05, 0.1) is 12.4 Å². The van der Waals surface area contributed by atoms with Crippen molar-refractivity contribution < 1.29 is 22.4 Å². The van der Waals surface area contributed by atoms with Crippen molar-refractivity contribution in [1.29, 1.82) is 0 Å². The van der Waals surface area contributed by atoms with Crippen LogP contribution in [0.1, 0.15) is 39.5 Å². The maximum Gasteiger partial charge on any atom is 0.346 e. The number of nitrogens with zero attached hydrogens (tertiary/aromatic N) is 1. The Bertz CT molecular complexity index is 410. The summed E-state index contributed by atoms with van der Waals surface area (Å²) in [5.74, 6) is -0.972. The summed E-state index contributed by atoms with van der Waals surface area (Å²) in [7, 11) is -7.36. The van der Waals surface area contributed by atoms with Gasteiger partial charge in [0, 0.05) is 6.54 Å². The Hall–Kier alpha value is 0.0600. The molecule has 1 heterocycles. The van der Waals surface area contributed by atoms with Gasteiger partial charge < -0.3 is 9.42 Å². The molecule has 0 aromatic heterocycles. The number of piperidine rings is 1. The topological polar surface area (TPSA) is 83.9 Å². The first-order valence-electron chi connectivity index (χ1n) is 6.31. The van der Waals surface area contributed by atoms with E-state index in [-0.39, 0.29) is 12.4 Å². The predicted octanol–water partition coefficient (Wildman–Crippen LogP) is 1.76. The van der Waals surface area contributed by atoms with Gasteiger partial charge in [0.1, 0.15) is 5.78 Å². The average molecular weight is 299 g/mol. The van der Waals surface area contributed by atoms with Gasteiger partial charge in [-0.15, -0.1) is 0 Å². The minimum Gasteiger partial charge on any atom is -0.323 e. The van der Waals surface area contributed by atoms with Gasteiger partial charge in [0.25, 0.3) is 0 Å². The lowest BCUT2D eigenvalue weighted by atomic mass is 10.2. The Balaban J connectivity index is 2.92. The van der Waals surface area contributed by atoms with E-state index in [9.17, 15) is 17.9 Å². The van der Waals surface area contributed by atoms with Crippen LogP contribution < -0.4 is 0 Å². The van der Waals surface area contributed by atoms with E-state index < -0.39 is 23.4 Å². The second kappa shape index (κ2) is 6.48. The molecule has 1 saturated heterocycles. The number of hydrogen-bond donors (Lipinski definition) is 1. The van der Waals surface area contributed by atoms with Crippen molar-refractivity contribution in [2.75, 3.05) is 18.9 Å². The van der Waals surface area contributed by atoms with Gasteiger partial charge in [-0.2, -0.15) is 4.31 Å². The lowest BCUT2D eigenvalue weighted by molar-refractivity contribution is 0.209. The normalized spacial score (nSPS) is 25.8. The van der Waals surface area contributed by atoms with Crippen LogP contribution in [0.25, 0.3) is 0 Å². The fourth-order valence-electron chi connectivity index (χ4n) is 2.01. The molecule has 0 aromatic carbocycles. The van der Waals surface area contributed by atoms with E-state index in [0.717, 1.165) is 17.1 Å². The van der Waals surface area contributed by atoms with Gasteiger partial charge in [0.2, 0.25) is 10.0 Å². The Morgan fingerprint density at radius 1 is 1.39 bits per heavy atom. The van der Waals surface area contributed by atoms with Crippen LogP contribution in [0.5, 0.6) is 0 Å². The van der Waals surface area contributed by atoms with Crippen molar-refractivity contribution in [2.24, 2.45) is 0 Å². The second-order valence-corrected chi connectivity index (χ2v) is 8.58.